The van der Waals surface area contributed by atoms with Crippen LogP contribution in [0.1, 0.15) is 11.3 Å². The maximum atomic E-state index is 11.9. The second-order valence-corrected chi connectivity index (χ2v) is 5.21. The molecule has 0 saturated heterocycles. The smallest absolute Gasteiger partial charge is 0.258 e. The molecule has 0 bridgehead atoms. The third-order valence-corrected chi connectivity index (χ3v) is 3.37. The van der Waals surface area contributed by atoms with E-state index in [4.69, 9.17) is 9.15 Å². The molecule has 122 valence electrons. The molecule has 3 rings (SSSR count). The van der Waals surface area contributed by atoms with E-state index in [1.807, 2.05) is 31.2 Å². The van der Waals surface area contributed by atoms with Crippen molar-refractivity contribution < 1.29 is 13.9 Å². The zero-order valence-electron chi connectivity index (χ0n) is 13.2. The van der Waals surface area contributed by atoms with Crippen LogP contribution in [-0.4, -0.2) is 22.5 Å². The first-order chi connectivity index (χ1) is 11.7. The Balaban J connectivity index is 1.56. The molecule has 0 spiro atoms. The summed E-state index contributed by atoms with van der Waals surface area (Å²) in [5, 5.41) is 2.77. The van der Waals surface area contributed by atoms with Gasteiger partial charge in [-0.05, 0) is 31.2 Å². The highest BCUT2D eigenvalue weighted by Crippen LogP contribution is 2.19. The second kappa shape index (κ2) is 7.41. The molecule has 2 aromatic heterocycles. The Labute approximate surface area is 139 Å². The van der Waals surface area contributed by atoms with Crippen LogP contribution in [0.3, 0.4) is 0 Å². The number of aromatic nitrogens is 2. The van der Waals surface area contributed by atoms with E-state index in [2.05, 4.69) is 15.3 Å². The number of carbonyl (C=O) groups is 1. The Kier molecular flexibility index (Phi) is 4.86. The lowest BCUT2D eigenvalue weighted by molar-refractivity contribution is -0.123. The largest absolute Gasteiger partial charge is 0.484 e. The van der Waals surface area contributed by atoms with Crippen LogP contribution in [0.5, 0.6) is 5.75 Å². The minimum absolute atomic E-state index is 0.0561. The lowest BCUT2D eigenvalue weighted by Crippen LogP contribution is -2.29. The highest BCUT2D eigenvalue weighted by atomic mass is 16.5. The van der Waals surface area contributed by atoms with Crippen LogP contribution < -0.4 is 10.1 Å². The summed E-state index contributed by atoms with van der Waals surface area (Å²) in [6, 6.07) is 11.1. The van der Waals surface area contributed by atoms with Crippen LogP contribution in [0.2, 0.25) is 0 Å². The third kappa shape index (κ3) is 3.98. The molecule has 6 heteroatoms. The molecule has 1 N–H and O–H groups in total. The normalized spacial score (nSPS) is 10.4. The van der Waals surface area contributed by atoms with Crippen molar-refractivity contribution in [3.05, 3.63) is 66.3 Å². The Bertz CT molecular complexity index is 799. The predicted molar refractivity (Wildman–Crippen MR) is 88.3 cm³/mol. The summed E-state index contributed by atoms with van der Waals surface area (Å²) in [5.74, 6) is 1.04. The van der Waals surface area contributed by atoms with E-state index in [0.717, 1.165) is 5.56 Å². The lowest BCUT2D eigenvalue weighted by atomic mass is 10.2. The molecular weight excluding hydrogens is 306 g/mol. The fourth-order valence-electron chi connectivity index (χ4n) is 2.13. The molecule has 24 heavy (non-hydrogen) atoms. The molecule has 0 fully saturated rings. The van der Waals surface area contributed by atoms with Crippen LogP contribution in [0.25, 0.3) is 11.5 Å². The van der Waals surface area contributed by atoms with Crippen LogP contribution >= 0.6 is 0 Å². The molecule has 0 saturated carbocycles. The molecule has 0 unspecified atom stereocenters. The average molecular weight is 323 g/mol. The molecule has 1 aromatic carbocycles. The summed E-state index contributed by atoms with van der Waals surface area (Å²) in [5.41, 5.74) is 2.39. The van der Waals surface area contributed by atoms with Crippen LogP contribution in [-0.2, 0) is 11.3 Å². The SMILES string of the molecule is Cc1ccc(OCC(=O)NCc2nccnc2-c2ccco2)cc1. The van der Waals surface area contributed by atoms with E-state index < -0.39 is 0 Å². The summed E-state index contributed by atoms with van der Waals surface area (Å²) in [6.45, 7) is 2.19. The molecular formula is C18H17N3O3. The number of nitrogens with one attached hydrogen (secondary N) is 1. The van der Waals surface area contributed by atoms with Crippen molar-refractivity contribution in [1.82, 2.24) is 15.3 Å². The zero-order valence-corrected chi connectivity index (χ0v) is 13.2. The molecule has 0 aliphatic rings. The van der Waals surface area contributed by atoms with Crippen molar-refractivity contribution in [2.75, 3.05) is 6.61 Å². The Morgan fingerprint density at radius 3 is 2.71 bits per heavy atom. The Hall–Kier alpha value is -3.15. The fraction of sp³-hybridized carbons (Fsp3) is 0.167. The standard InChI is InChI=1S/C18H17N3O3/c1-13-4-6-14(7-5-13)24-12-17(22)21-11-15-18(20-9-8-19-15)16-3-2-10-23-16/h2-10H,11-12H2,1H3,(H,21,22). The van der Waals surface area contributed by atoms with Gasteiger partial charge < -0.3 is 14.5 Å². The van der Waals surface area contributed by atoms with Gasteiger partial charge >= 0.3 is 0 Å². The number of ether oxygens (including phenoxy) is 1. The van der Waals surface area contributed by atoms with Crippen molar-refractivity contribution in [2.45, 2.75) is 13.5 Å². The van der Waals surface area contributed by atoms with Gasteiger partial charge in [-0.3, -0.25) is 9.78 Å². The Morgan fingerprint density at radius 2 is 1.96 bits per heavy atom. The Morgan fingerprint density at radius 1 is 1.17 bits per heavy atom. The number of rotatable bonds is 6. The van der Waals surface area contributed by atoms with E-state index in [1.54, 1.807) is 30.8 Å². The summed E-state index contributed by atoms with van der Waals surface area (Å²) in [6.07, 6.45) is 4.74. The fourth-order valence-corrected chi connectivity index (χ4v) is 2.13. The molecule has 3 aromatic rings. The number of nitrogens with zero attached hydrogens (tertiary/aromatic N) is 2. The first kappa shape index (κ1) is 15.7. The van der Waals surface area contributed by atoms with Crippen molar-refractivity contribution in [2.24, 2.45) is 0 Å². The zero-order chi connectivity index (χ0) is 16.8. The summed E-state index contributed by atoms with van der Waals surface area (Å²) in [4.78, 5) is 20.5. The maximum absolute atomic E-state index is 11.9. The highest BCUT2D eigenvalue weighted by Gasteiger charge is 2.11. The van der Waals surface area contributed by atoms with Gasteiger partial charge in [0.15, 0.2) is 12.4 Å². The molecule has 1 amide bonds. The van der Waals surface area contributed by atoms with E-state index >= 15 is 0 Å². The number of benzene rings is 1. The third-order valence-electron chi connectivity index (χ3n) is 3.37. The minimum atomic E-state index is -0.230. The van der Waals surface area contributed by atoms with Crippen molar-refractivity contribution in [3.8, 4) is 17.2 Å². The average Bonchev–Trinajstić information content (AvgIpc) is 3.14. The topological polar surface area (TPSA) is 77.2 Å². The van der Waals surface area contributed by atoms with E-state index in [1.165, 1.54) is 0 Å². The quantitative estimate of drug-likeness (QED) is 0.755. The van der Waals surface area contributed by atoms with E-state index in [-0.39, 0.29) is 19.1 Å². The molecule has 0 atom stereocenters. The van der Waals surface area contributed by atoms with Gasteiger partial charge in [-0.15, -0.1) is 0 Å². The van der Waals surface area contributed by atoms with Crippen LogP contribution in [0.15, 0.2) is 59.5 Å². The second-order valence-electron chi connectivity index (χ2n) is 5.21. The van der Waals surface area contributed by atoms with Gasteiger partial charge in [-0.1, -0.05) is 17.7 Å². The van der Waals surface area contributed by atoms with Gasteiger partial charge in [0.2, 0.25) is 0 Å². The number of furan rings is 1. The van der Waals surface area contributed by atoms with Crippen LogP contribution in [0, 0.1) is 6.92 Å². The number of aryl methyl sites for hydroxylation is 1. The van der Waals surface area contributed by atoms with Gasteiger partial charge in [0, 0.05) is 12.4 Å². The number of hydrogen-bond donors (Lipinski definition) is 1. The monoisotopic (exact) mass is 323 g/mol. The highest BCUT2D eigenvalue weighted by molar-refractivity contribution is 5.77. The van der Waals surface area contributed by atoms with Gasteiger partial charge in [-0.2, -0.15) is 0 Å². The number of carbonyl (C=O) groups excluding carboxylic acids is 1. The summed E-state index contributed by atoms with van der Waals surface area (Å²) in [7, 11) is 0. The molecule has 2 heterocycles. The lowest BCUT2D eigenvalue weighted by Gasteiger charge is -2.09. The van der Waals surface area contributed by atoms with Crippen LogP contribution in [0.4, 0.5) is 0 Å². The van der Waals surface area contributed by atoms with Gasteiger partial charge in [-0.25, -0.2) is 4.98 Å². The number of amides is 1. The first-order valence-electron chi connectivity index (χ1n) is 7.52. The first-order valence-corrected chi connectivity index (χ1v) is 7.52. The summed E-state index contributed by atoms with van der Waals surface area (Å²) >= 11 is 0. The summed E-state index contributed by atoms with van der Waals surface area (Å²) < 4.78 is 10.8. The predicted octanol–water partition coefficient (Wildman–Crippen LogP) is 2.74. The van der Waals surface area contributed by atoms with Crippen molar-refractivity contribution in [1.29, 1.82) is 0 Å². The molecule has 0 aliphatic carbocycles. The van der Waals surface area contributed by atoms with E-state index in [9.17, 15) is 4.79 Å². The van der Waals surface area contributed by atoms with E-state index in [0.29, 0.717) is 22.9 Å². The van der Waals surface area contributed by atoms with Crippen molar-refractivity contribution in [3.63, 3.8) is 0 Å². The van der Waals surface area contributed by atoms with Gasteiger partial charge in [0.1, 0.15) is 11.4 Å². The molecule has 6 nitrogen and oxygen atoms in total. The number of hydrogen-bond acceptors (Lipinski definition) is 5. The maximum Gasteiger partial charge on any atom is 0.258 e. The van der Waals surface area contributed by atoms with Gasteiger partial charge in [0.25, 0.3) is 5.91 Å². The van der Waals surface area contributed by atoms with Crippen molar-refractivity contribution >= 4 is 5.91 Å². The minimum Gasteiger partial charge on any atom is -0.484 e. The van der Waals surface area contributed by atoms with Gasteiger partial charge in [0.05, 0.1) is 18.5 Å². The molecule has 0 aliphatic heterocycles. The molecule has 0 radical (unpaired) electrons.